The van der Waals surface area contributed by atoms with Gasteiger partial charge in [-0.2, -0.15) is 0 Å². The first-order valence-corrected chi connectivity index (χ1v) is 9.34. The van der Waals surface area contributed by atoms with Crippen molar-refractivity contribution in [1.82, 2.24) is 28.9 Å². The number of nitrogens with zero attached hydrogens (tertiary/aromatic N) is 5. The summed E-state index contributed by atoms with van der Waals surface area (Å²) in [4.78, 5) is 39.6. The van der Waals surface area contributed by atoms with Gasteiger partial charge in [-0.1, -0.05) is 0 Å². The molecule has 4 aromatic heterocycles. The fourth-order valence-corrected chi connectivity index (χ4v) is 4.08. The van der Waals surface area contributed by atoms with E-state index in [1.165, 1.54) is 18.5 Å². The first kappa shape index (κ1) is 17.5. The summed E-state index contributed by atoms with van der Waals surface area (Å²) >= 11 is 0. The molecule has 4 heterocycles. The maximum atomic E-state index is 13.7. The summed E-state index contributed by atoms with van der Waals surface area (Å²) in [6.07, 6.45) is 6.60. The fraction of sp³-hybridized carbons (Fsp3) is 0.316. The summed E-state index contributed by atoms with van der Waals surface area (Å²) in [5, 5.41) is 9.20. The van der Waals surface area contributed by atoms with Crippen LogP contribution in [-0.4, -0.2) is 40.0 Å². The molecule has 148 valence electrons. The largest absolute Gasteiger partial charge is 0.481 e. The van der Waals surface area contributed by atoms with E-state index in [1.54, 1.807) is 21.2 Å². The molecule has 0 atom stereocenters. The smallest absolute Gasteiger partial charge is 0.327 e. The zero-order chi connectivity index (χ0) is 20.1. The second-order valence-electron chi connectivity index (χ2n) is 7.29. The van der Waals surface area contributed by atoms with E-state index in [0.29, 0.717) is 54.0 Å². The third kappa shape index (κ3) is 2.87. The molecule has 0 bridgehead atoms. The molecule has 9 nitrogen and oxygen atoms in total. The van der Waals surface area contributed by atoms with Gasteiger partial charge in [-0.25, -0.2) is 24.1 Å². The summed E-state index contributed by atoms with van der Waals surface area (Å²) in [7, 11) is 0. The van der Waals surface area contributed by atoms with Gasteiger partial charge < -0.3 is 10.1 Å². The predicted molar refractivity (Wildman–Crippen MR) is 101 cm³/mol. The van der Waals surface area contributed by atoms with Crippen molar-refractivity contribution in [1.29, 1.82) is 0 Å². The first-order valence-electron chi connectivity index (χ1n) is 9.34. The zero-order valence-electron chi connectivity index (χ0n) is 15.2. The molecule has 5 rings (SSSR count). The summed E-state index contributed by atoms with van der Waals surface area (Å²) < 4.78 is 16.8. The van der Waals surface area contributed by atoms with Gasteiger partial charge in [0, 0.05) is 12.2 Å². The standard InChI is InChI=1S/C19H17FN6O3/c20-11-3-6-15-21-8-14(25(15)9-11)16-22-7-13-17(24-16)26(19(29)23-13)12-4-1-10(2-5-12)18(27)28/h3,6-10,12H,1-2,4-5H2,(H,23,29)(H,27,28). The normalized spacial score (nSPS) is 19.8. The van der Waals surface area contributed by atoms with Crippen LogP contribution in [-0.2, 0) is 4.79 Å². The Hall–Kier alpha value is -3.56. The van der Waals surface area contributed by atoms with Gasteiger partial charge in [-0.15, -0.1) is 0 Å². The molecule has 1 saturated carbocycles. The number of carboxylic acids is 1. The summed E-state index contributed by atoms with van der Waals surface area (Å²) in [6, 6.07) is 2.76. The lowest BCUT2D eigenvalue weighted by molar-refractivity contribution is -0.143. The van der Waals surface area contributed by atoms with Crippen molar-refractivity contribution < 1.29 is 14.3 Å². The summed E-state index contributed by atoms with van der Waals surface area (Å²) in [5.41, 5.74) is 1.72. The van der Waals surface area contributed by atoms with Crippen LogP contribution in [0.25, 0.3) is 28.3 Å². The van der Waals surface area contributed by atoms with Crippen molar-refractivity contribution in [2.75, 3.05) is 0 Å². The molecule has 0 unspecified atom stereocenters. The van der Waals surface area contributed by atoms with Crippen LogP contribution in [0.3, 0.4) is 0 Å². The average Bonchev–Trinajstić information content (AvgIpc) is 3.27. The molecule has 0 spiro atoms. The molecule has 29 heavy (non-hydrogen) atoms. The van der Waals surface area contributed by atoms with E-state index in [-0.39, 0.29) is 17.6 Å². The number of aliphatic carboxylic acids is 1. The molecule has 10 heteroatoms. The van der Waals surface area contributed by atoms with Crippen LogP contribution >= 0.6 is 0 Å². The average molecular weight is 396 g/mol. The number of imidazole rings is 2. The molecule has 0 radical (unpaired) electrons. The van der Waals surface area contributed by atoms with Crippen LogP contribution in [0.15, 0.2) is 35.5 Å². The number of nitrogens with one attached hydrogen (secondary N) is 1. The Balaban J connectivity index is 1.58. The lowest BCUT2D eigenvalue weighted by Gasteiger charge is -2.26. The molecule has 0 amide bonds. The monoisotopic (exact) mass is 396 g/mol. The highest BCUT2D eigenvalue weighted by atomic mass is 19.1. The van der Waals surface area contributed by atoms with Crippen molar-refractivity contribution in [3.8, 4) is 11.5 Å². The van der Waals surface area contributed by atoms with Crippen LogP contribution in [0.2, 0.25) is 0 Å². The number of rotatable bonds is 3. The Morgan fingerprint density at radius 3 is 2.72 bits per heavy atom. The summed E-state index contributed by atoms with van der Waals surface area (Å²) in [6.45, 7) is 0. The number of fused-ring (bicyclic) bond motifs is 2. The molecule has 1 fully saturated rings. The Morgan fingerprint density at radius 2 is 1.97 bits per heavy atom. The number of carbonyl (C=O) groups is 1. The van der Waals surface area contributed by atoms with Gasteiger partial charge in [0.15, 0.2) is 11.5 Å². The molecule has 0 aromatic carbocycles. The number of pyridine rings is 1. The Bertz CT molecular complexity index is 1300. The van der Waals surface area contributed by atoms with Crippen LogP contribution in [0, 0.1) is 11.7 Å². The van der Waals surface area contributed by atoms with Crippen LogP contribution in [0.4, 0.5) is 4.39 Å². The summed E-state index contributed by atoms with van der Waals surface area (Å²) in [5.74, 6) is -1.25. The lowest BCUT2D eigenvalue weighted by Crippen LogP contribution is -2.28. The quantitative estimate of drug-likeness (QED) is 0.549. The highest BCUT2D eigenvalue weighted by molar-refractivity contribution is 5.73. The minimum absolute atomic E-state index is 0.130. The van der Waals surface area contributed by atoms with Crippen LogP contribution < -0.4 is 5.69 Å². The van der Waals surface area contributed by atoms with E-state index < -0.39 is 11.8 Å². The molecule has 0 saturated heterocycles. The molecule has 1 aliphatic rings. The third-order valence-electron chi connectivity index (χ3n) is 5.57. The second-order valence-corrected chi connectivity index (χ2v) is 7.29. The van der Waals surface area contributed by atoms with Crippen molar-refractivity contribution in [3.63, 3.8) is 0 Å². The second kappa shape index (κ2) is 6.50. The van der Waals surface area contributed by atoms with Crippen LogP contribution in [0.5, 0.6) is 0 Å². The highest BCUT2D eigenvalue weighted by Crippen LogP contribution is 2.33. The molecule has 2 N–H and O–H groups in total. The number of aromatic amines is 1. The lowest BCUT2D eigenvalue weighted by atomic mass is 9.86. The number of carboxylic acid groups (broad SMARTS) is 1. The number of H-pyrrole nitrogens is 1. The Kier molecular flexibility index (Phi) is 3.93. The van der Waals surface area contributed by atoms with Gasteiger partial charge in [-0.3, -0.25) is 13.8 Å². The number of halogens is 1. The van der Waals surface area contributed by atoms with E-state index in [0.717, 1.165) is 0 Å². The highest BCUT2D eigenvalue weighted by Gasteiger charge is 2.29. The Morgan fingerprint density at radius 1 is 1.17 bits per heavy atom. The van der Waals surface area contributed by atoms with E-state index in [9.17, 15) is 19.1 Å². The predicted octanol–water partition coefficient (Wildman–Crippen LogP) is 2.39. The zero-order valence-corrected chi connectivity index (χ0v) is 15.2. The SMILES string of the molecule is O=C(O)C1CCC(n2c(=O)[nH]c3cnc(-c4cnc5ccc(F)cn45)nc32)CC1. The van der Waals surface area contributed by atoms with E-state index in [1.807, 2.05) is 0 Å². The maximum absolute atomic E-state index is 13.7. The van der Waals surface area contributed by atoms with Gasteiger partial charge in [0.25, 0.3) is 0 Å². The van der Waals surface area contributed by atoms with Gasteiger partial charge >= 0.3 is 11.7 Å². The third-order valence-corrected chi connectivity index (χ3v) is 5.57. The van der Waals surface area contributed by atoms with E-state index in [4.69, 9.17) is 0 Å². The maximum Gasteiger partial charge on any atom is 0.327 e. The molecule has 0 aliphatic heterocycles. The topological polar surface area (TPSA) is 118 Å². The number of aromatic nitrogens is 6. The fourth-order valence-electron chi connectivity index (χ4n) is 4.08. The first-order chi connectivity index (χ1) is 14.0. The van der Waals surface area contributed by atoms with Crippen molar-refractivity contribution in [3.05, 3.63) is 47.0 Å². The van der Waals surface area contributed by atoms with Gasteiger partial charge in [0.2, 0.25) is 0 Å². The minimum Gasteiger partial charge on any atom is -0.481 e. The molecule has 4 aromatic rings. The van der Waals surface area contributed by atoms with E-state index in [2.05, 4.69) is 19.9 Å². The van der Waals surface area contributed by atoms with Crippen molar-refractivity contribution in [2.45, 2.75) is 31.7 Å². The molecular weight excluding hydrogens is 379 g/mol. The molecule has 1 aliphatic carbocycles. The number of hydrogen-bond acceptors (Lipinski definition) is 5. The number of hydrogen-bond donors (Lipinski definition) is 2. The van der Waals surface area contributed by atoms with Crippen LogP contribution in [0.1, 0.15) is 31.7 Å². The Labute approximate surface area is 162 Å². The molecular formula is C19H17FN6O3. The van der Waals surface area contributed by atoms with Crippen molar-refractivity contribution in [2.24, 2.45) is 5.92 Å². The van der Waals surface area contributed by atoms with Crippen molar-refractivity contribution >= 4 is 22.8 Å². The van der Waals surface area contributed by atoms with E-state index >= 15 is 0 Å². The van der Waals surface area contributed by atoms with Gasteiger partial charge in [0.05, 0.1) is 18.3 Å². The van der Waals surface area contributed by atoms with Gasteiger partial charge in [-0.05, 0) is 37.8 Å². The minimum atomic E-state index is -0.792. The van der Waals surface area contributed by atoms with Gasteiger partial charge in [0.1, 0.15) is 22.7 Å².